The minimum atomic E-state index is -4.19. The molecule has 1 N–H and O–H groups in total. The molecule has 11 heteroatoms. The van der Waals surface area contributed by atoms with Crippen LogP contribution < -0.4 is 4.72 Å². The van der Waals surface area contributed by atoms with Crippen LogP contribution in [0.1, 0.15) is 10.4 Å². The summed E-state index contributed by atoms with van der Waals surface area (Å²) in [6.45, 7) is 0. The molecule has 2 heterocycles. The molecule has 24 heavy (non-hydrogen) atoms. The van der Waals surface area contributed by atoms with Gasteiger partial charge in [0.15, 0.2) is 0 Å². The number of rotatable bonds is 4. The summed E-state index contributed by atoms with van der Waals surface area (Å²) in [5, 5.41) is 3.37. The Morgan fingerprint density at radius 2 is 2.12 bits per heavy atom. The third kappa shape index (κ3) is 2.88. The number of aromatic nitrogens is 4. The van der Waals surface area contributed by atoms with Crippen LogP contribution in [0.25, 0.3) is 5.78 Å². The predicted molar refractivity (Wildman–Crippen MR) is 84.4 cm³/mol. The van der Waals surface area contributed by atoms with Crippen LogP contribution in [0, 0.1) is 0 Å². The van der Waals surface area contributed by atoms with Crippen molar-refractivity contribution >= 4 is 39.1 Å². The monoisotopic (exact) mass is 367 g/mol. The number of halogens is 1. The van der Waals surface area contributed by atoms with E-state index in [0.29, 0.717) is 0 Å². The van der Waals surface area contributed by atoms with E-state index in [1.807, 2.05) is 0 Å². The Kier molecular flexibility index (Phi) is 4.08. The smallest absolute Gasteiger partial charge is 0.340 e. The van der Waals surface area contributed by atoms with E-state index in [1.54, 1.807) is 6.07 Å². The fourth-order valence-corrected chi connectivity index (χ4v) is 3.17. The summed E-state index contributed by atoms with van der Waals surface area (Å²) in [5.74, 6) is -0.620. The number of hydrogen-bond donors (Lipinski definition) is 1. The Bertz CT molecular complexity index is 1000. The Morgan fingerprint density at radius 3 is 2.83 bits per heavy atom. The second kappa shape index (κ2) is 6.06. The summed E-state index contributed by atoms with van der Waals surface area (Å²) >= 11 is 6.01. The molecule has 0 bridgehead atoms. The van der Waals surface area contributed by atoms with Crippen LogP contribution in [-0.2, 0) is 14.8 Å². The molecule has 0 fully saturated rings. The highest BCUT2D eigenvalue weighted by molar-refractivity contribution is 7.92. The van der Waals surface area contributed by atoms with Gasteiger partial charge in [-0.15, -0.1) is 5.10 Å². The van der Waals surface area contributed by atoms with Crippen molar-refractivity contribution in [3.05, 3.63) is 47.2 Å². The van der Waals surface area contributed by atoms with Crippen molar-refractivity contribution in [2.75, 3.05) is 11.8 Å². The molecule has 0 spiro atoms. The molecule has 0 radical (unpaired) electrons. The number of ether oxygens (including phenoxy) is 1. The molecular formula is C13H10ClN5O4S. The van der Waals surface area contributed by atoms with Gasteiger partial charge in [-0.1, -0.05) is 17.7 Å². The number of methoxy groups -OCH3 is 1. The molecule has 0 saturated heterocycles. The Morgan fingerprint density at radius 1 is 1.33 bits per heavy atom. The summed E-state index contributed by atoms with van der Waals surface area (Å²) in [5.41, 5.74) is -0.145. The summed E-state index contributed by atoms with van der Waals surface area (Å²) in [6, 6.07) is 5.90. The summed E-state index contributed by atoms with van der Waals surface area (Å²) in [7, 11) is -3.01. The molecule has 124 valence electrons. The predicted octanol–water partition coefficient (Wildman–Crippen LogP) is 1.37. The van der Waals surface area contributed by atoms with Crippen molar-refractivity contribution in [1.82, 2.24) is 19.6 Å². The van der Waals surface area contributed by atoms with Crippen LogP contribution in [-0.4, -0.2) is 41.1 Å². The minimum absolute atomic E-state index is 0.0309. The SMILES string of the molecule is COC(=O)c1cccc(Cl)c1NS(=O)(=O)c1nc2ncccn2n1. The lowest BCUT2D eigenvalue weighted by molar-refractivity contribution is 0.0602. The van der Waals surface area contributed by atoms with Crippen molar-refractivity contribution in [1.29, 1.82) is 0 Å². The van der Waals surface area contributed by atoms with Gasteiger partial charge in [0.2, 0.25) is 0 Å². The highest BCUT2D eigenvalue weighted by Crippen LogP contribution is 2.28. The molecule has 1 aromatic carbocycles. The third-order valence-corrected chi connectivity index (χ3v) is 4.43. The first-order chi connectivity index (χ1) is 11.4. The highest BCUT2D eigenvalue weighted by atomic mass is 35.5. The average Bonchev–Trinajstić information content (AvgIpc) is 3.01. The topological polar surface area (TPSA) is 116 Å². The van der Waals surface area contributed by atoms with Crippen molar-refractivity contribution < 1.29 is 17.9 Å². The van der Waals surface area contributed by atoms with E-state index in [1.165, 1.54) is 42.2 Å². The number of nitrogens with zero attached hydrogens (tertiary/aromatic N) is 4. The average molecular weight is 368 g/mol. The molecule has 0 saturated carbocycles. The maximum absolute atomic E-state index is 12.5. The Hall–Kier alpha value is -2.72. The number of fused-ring (bicyclic) bond motifs is 1. The van der Waals surface area contributed by atoms with E-state index in [4.69, 9.17) is 11.6 Å². The van der Waals surface area contributed by atoms with E-state index < -0.39 is 21.1 Å². The second-order valence-electron chi connectivity index (χ2n) is 4.52. The number of carbonyl (C=O) groups excluding carboxylic acids is 1. The van der Waals surface area contributed by atoms with Gasteiger partial charge in [-0.2, -0.15) is 13.4 Å². The molecule has 0 aliphatic heterocycles. The zero-order valence-electron chi connectivity index (χ0n) is 12.2. The molecule has 0 amide bonds. The van der Waals surface area contributed by atoms with Gasteiger partial charge in [-0.25, -0.2) is 14.3 Å². The van der Waals surface area contributed by atoms with Crippen LogP contribution in [0.2, 0.25) is 5.02 Å². The second-order valence-corrected chi connectivity index (χ2v) is 6.50. The van der Waals surface area contributed by atoms with Crippen LogP contribution in [0.5, 0.6) is 0 Å². The maximum atomic E-state index is 12.5. The number of nitrogens with one attached hydrogen (secondary N) is 1. The molecule has 0 atom stereocenters. The lowest BCUT2D eigenvalue weighted by Crippen LogP contribution is -2.18. The fraction of sp³-hybridized carbons (Fsp3) is 0.0769. The number of sulfonamides is 1. The fourth-order valence-electron chi connectivity index (χ4n) is 1.92. The van der Waals surface area contributed by atoms with Crippen LogP contribution in [0.4, 0.5) is 5.69 Å². The first-order valence-corrected chi connectivity index (χ1v) is 8.35. The summed E-state index contributed by atoms with van der Waals surface area (Å²) in [4.78, 5) is 19.5. The van der Waals surface area contributed by atoms with Gasteiger partial charge in [-0.3, -0.25) is 4.72 Å². The zero-order chi connectivity index (χ0) is 17.3. The van der Waals surface area contributed by atoms with E-state index in [2.05, 4.69) is 24.5 Å². The number of esters is 1. The first kappa shape index (κ1) is 16.1. The number of hydrogen-bond acceptors (Lipinski definition) is 7. The highest BCUT2D eigenvalue weighted by Gasteiger charge is 2.25. The summed E-state index contributed by atoms with van der Waals surface area (Å²) in [6.07, 6.45) is 2.96. The largest absolute Gasteiger partial charge is 0.465 e. The van der Waals surface area contributed by atoms with Gasteiger partial charge in [0.25, 0.3) is 21.0 Å². The number of anilines is 1. The van der Waals surface area contributed by atoms with Crippen LogP contribution in [0.15, 0.2) is 41.8 Å². The normalized spacial score (nSPS) is 11.4. The third-order valence-electron chi connectivity index (χ3n) is 2.99. The summed E-state index contributed by atoms with van der Waals surface area (Å²) < 4.78 is 33.1. The van der Waals surface area contributed by atoms with Crippen molar-refractivity contribution in [2.45, 2.75) is 5.16 Å². The maximum Gasteiger partial charge on any atom is 0.340 e. The Labute approximate surface area is 141 Å². The standard InChI is InChI=1S/C13H10ClN5O4S/c1-23-11(20)8-4-2-5-9(14)10(8)18-24(21,22)13-16-12-15-6-3-7-19(12)17-13/h2-7,18H,1H3. The van der Waals surface area contributed by atoms with E-state index >= 15 is 0 Å². The first-order valence-electron chi connectivity index (χ1n) is 6.49. The molecule has 0 aliphatic rings. The minimum Gasteiger partial charge on any atom is -0.465 e. The number of benzene rings is 1. The molecule has 2 aromatic heterocycles. The molecule has 0 aliphatic carbocycles. The number of para-hydroxylation sites is 1. The lowest BCUT2D eigenvalue weighted by Gasteiger charge is -2.11. The van der Waals surface area contributed by atoms with Gasteiger partial charge < -0.3 is 4.74 Å². The van der Waals surface area contributed by atoms with Crippen LogP contribution in [0.3, 0.4) is 0 Å². The van der Waals surface area contributed by atoms with Crippen molar-refractivity contribution in [3.63, 3.8) is 0 Å². The molecule has 3 aromatic rings. The van der Waals surface area contributed by atoms with Gasteiger partial charge in [0, 0.05) is 12.4 Å². The van der Waals surface area contributed by atoms with Gasteiger partial charge in [0.1, 0.15) is 0 Å². The van der Waals surface area contributed by atoms with Gasteiger partial charge >= 0.3 is 5.97 Å². The van der Waals surface area contributed by atoms with Crippen molar-refractivity contribution in [3.8, 4) is 0 Å². The molecule has 0 unspecified atom stereocenters. The van der Waals surface area contributed by atoms with Crippen LogP contribution >= 0.6 is 11.6 Å². The lowest BCUT2D eigenvalue weighted by atomic mass is 10.2. The molecule has 3 rings (SSSR count). The molecular weight excluding hydrogens is 358 g/mol. The Balaban J connectivity index is 2.05. The quantitative estimate of drug-likeness (QED) is 0.692. The molecule has 9 nitrogen and oxygen atoms in total. The van der Waals surface area contributed by atoms with Gasteiger partial charge in [-0.05, 0) is 18.2 Å². The van der Waals surface area contributed by atoms with E-state index in [0.717, 1.165) is 0 Å². The van der Waals surface area contributed by atoms with E-state index in [-0.39, 0.29) is 22.1 Å². The van der Waals surface area contributed by atoms with E-state index in [9.17, 15) is 13.2 Å². The number of carbonyl (C=O) groups is 1. The van der Waals surface area contributed by atoms with Gasteiger partial charge in [0.05, 0.1) is 23.4 Å². The van der Waals surface area contributed by atoms with Crippen molar-refractivity contribution in [2.24, 2.45) is 0 Å². The zero-order valence-corrected chi connectivity index (χ0v) is 13.7.